The van der Waals surface area contributed by atoms with Crippen molar-refractivity contribution >= 4 is 5.78 Å². The SMILES string of the molecule is CC(C)(C)CCC(O)C(=O)c1ccccc1. The Morgan fingerprint density at radius 2 is 1.81 bits per heavy atom. The lowest BCUT2D eigenvalue weighted by atomic mass is 9.88. The van der Waals surface area contributed by atoms with Gasteiger partial charge in [-0.1, -0.05) is 51.1 Å². The van der Waals surface area contributed by atoms with Gasteiger partial charge in [0.2, 0.25) is 0 Å². The molecule has 0 saturated heterocycles. The Balaban J connectivity index is 2.55. The Morgan fingerprint density at radius 1 is 1.25 bits per heavy atom. The van der Waals surface area contributed by atoms with E-state index in [4.69, 9.17) is 0 Å². The molecular formula is C14H20O2. The summed E-state index contributed by atoms with van der Waals surface area (Å²) in [5.74, 6) is -0.176. The maximum atomic E-state index is 11.8. The second-order valence-electron chi connectivity index (χ2n) is 5.35. The zero-order chi connectivity index (χ0) is 12.2. The van der Waals surface area contributed by atoms with E-state index in [1.165, 1.54) is 0 Å². The van der Waals surface area contributed by atoms with Gasteiger partial charge >= 0.3 is 0 Å². The summed E-state index contributed by atoms with van der Waals surface area (Å²) >= 11 is 0. The van der Waals surface area contributed by atoms with E-state index in [-0.39, 0.29) is 11.2 Å². The molecule has 2 heteroatoms. The van der Waals surface area contributed by atoms with Crippen LogP contribution in [0.5, 0.6) is 0 Å². The van der Waals surface area contributed by atoms with Gasteiger partial charge in [-0.25, -0.2) is 0 Å². The van der Waals surface area contributed by atoms with Gasteiger partial charge in [-0.2, -0.15) is 0 Å². The summed E-state index contributed by atoms with van der Waals surface area (Å²) in [5, 5.41) is 9.78. The van der Waals surface area contributed by atoms with Crippen molar-refractivity contribution in [3.63, 3.8) is 0 Å². The van der Waals surface area contributed by atoms with Crippen LogP contribution in [0, 0.1) is 5.41 Å². The quantitative estimate of drug-likeness (QED) is 0.792. The van der Waals surface area contributed by atoms with Crippen LogP contribution in [0.15, 0.2) is 30.3 Å². The van der Waals surface area contributed by atoms with E-state index < -0.39 is 6.10 Å². The lowest BCUT2D eigenvalue weighted by Gasteiger charge is -2.19. The topological polar surface area (TPSA) is 37.3 Å². The maximum absolute atomic E-state index is 11.8. The Kier molecular flexibility index (Phi) is 4.25. The third kappa shape index (κ3) is 4.15. The van der Waals surface area contributed by atoms with Gasteiger partial charge in [0.25, 0.3) is 0 Å². The molecule has 0 fully saturated rings. The van der Waals surface area contributed by atoms with E-state index in [1.54, 1.807) is 12.1 Å². The fraction of sp³-hybridized carbons (Fsp3) is 0.500. The average molecular weight is 220 g/mol. The molecule has 2 nitrogen and oxygen atoms in total. The molecule has 0 saturated carbocycles. The summed E-state index contributed by atoms with van der Waals surface area (Å²) in [5.41, 5.74) is 0.738. The molecule has 16 heavy (non-hydrogen) atoms. The fourth-order valence-electron chi connectivity index (χ4n) is 1.50. The van der Waals surface area contributed by atoms with Crippen molar-refractivity contribution in [2.45, 2.75) is 39.7 Å². The number of ketones is 1. The molecule has 1 rings (SSSR count). The number of hydrogen-bond donors (Lipinski definition) is 1. The number of aliphatic hydroxyl groups excluding tert-OH is 1. The summed E-state index contributed by atoms with van der Waals surface area (Å²) in [4.78, 5) is 11.8. The number of carbonyl (C=O) groups excluding carboxylic acids is 1. The molecule has 0 aliphatic carbocycles. The summed E-state index contributed by atoms with van der Waals surface area (Å²) in [7, 11) is 0. The first-order valence-corrected chi connectivity index (χ1v) is 5.67. The largest absolute Gasteiger partial charge is 0.385 e. The van der Waals surface area contributed by atoms with Crippen LogP contribution in [0.3, 0.4) is 0 Å². The van der Waals surface area contributed by atoms with Crippen LogP contribution < -0.4 is 0 Å². The Labute approximate surface area is 97.3 Å². The first-order chi connectivity index (χ1) is 7.40. The van der Waals surface area contributed by atoms with Gasteiger partial charge in [0, 0.05) is 5.56 Å². The zero-order valence-electron chi connectivity index (χ0n) is 10.2. The van der Waals surface area contributed by atoms with Crippen LogP contribution in [-0.2, 0) is 0 Å². The predicted molar refractivity (Wildman–Crippen MR) is 65.5 cm³/mol. The van der Waals surface area contributed by atoms with Gasteiger partial charge in [-0.05, 0) is 18.3 Å². The molecule has 0 aliphatic rings. The van der Waals surface area contributed by atoms with Gasteiger partial charge in [-0.15, -0.1) is 0 Å². The second-order valence-corrected chi connectivity index (χ2v) is 5.35. The van der Waals surface area contributed by atoms with E-state index >= 15 is 0 Å². The summed E-state index contributed by atoms with van der Waals surface area (Å²) in [6.07, 6.45) is 0.492. The molecule has 0 radical (unpaired) electrons. The molecule has 1 aromatic rings. The van der Waals surface area contributed by atoms with Crippen LogP contribution in [0.1, 0.15) is 44.0 Å². The van der Waals surface area contributed by atoms with Gasteiger partial charge in [0.1, 0.15) is 6.10 Å². The summed E-state index contributed by atoms with van der Waals surface area (Å²) in [6.45, 7) is 6.31. The number of carbonyl (C=O) groups is 1. The van der Waals surface area contributed by atoms with Crippen LogP contribution >= 0.6 is 0 Å². The number of aliphatic hydroxyl groups is 1. The van der Waals surface area contributed by atoms with Crippen molar-refractivity contribution in [1.29, 1.82) is 0 Å². The maximum Gasteiger partial charge on any atom is 0.191 e. The number of rotatable bonds is 4. The van der Waals surface area contributed by atoms with E-state index in [0.717, 1.165) is 6.42 Å². The first kappa shape index (κ1) is 12.9. The van der Waals surface area contributed by atoms with E-state index in [0.29, 0.717) is 12.0 Å². The molecule has 1 atom stereocenters. The fourth-order valence-corrected chi connectivity index (χ4v) is 1.50. The minimum absolute atomic E-state index is 0.151. The molecule has 0 bridgehead atoms. The highest BCUT2D eigenvalue weighted by atomic mass is 16.3. The van der Waals surface area contributed by atoms with Crippen molar-refractivity contribution in [3.8, 4) is 0 Å². The Hall–Kier alpha value is -1.15. The van der Waals surface area contributed by atoms with Gasteiger partial charge < -0.3 is 5.11 Å². The smallest absolute Gasteiger partial charge is 0.191 e. The lowest BCUT2D eigenvalue weighted by Crippen LogP contribution is -2.22. The van der Waals surface area contributed by atoms with Crippen LogP contribution in [0.4, 0.5) is 0 Å². The van der Waals surface area contributed by atoms with Crippen molar-refractivity contribution in [2.75, 3.05) is 0 Å². The molecule has 0 spiro atoms. The Morgan fingerprint density at radius 3 is 2.31 bits per heavy atom. The molecule has 0 aliphatic heterocycles. The normalized spacial score (nSPS) is 13.5. The Bertz CT molecular complexity index is 336. The molecular weight excluding hydrogens is 200 g/mol. The molecule has 1 aromatic carbocycles. The van der Waals surface area contributed by atoms with Crippen LogP contribution in [0.2, 0.25) is 0 Å². The van der Waals surface area contributed by atoms with Crippen LogP contribution in [0.25, 0.3) is 0 Å². The van der Waals surface area contributed by atoms with Crippen molar-refractivity contribution in [2.24, 2.45) is 5.41 Å². The molecule has 1 N–H and O–H groups in total. The molecule has 88 valence electrons. The second kappa shape index (κ2) is 5.26. The minimum Gasteiger partial charge on any atom is -0.385 e. The molecule has 0 aromatic heterocycles. The monoisotopic (exact) mass is 220 g/mol. The summed E-state index contributed by atoms with van der Waals surface area (Å²) in [6, 6.07) is 8.96. The predicted octanol–water partition coefficient (Wildman–Crippen LogP) is 3.06. The highest BCUT2D eigenvalue weighted by molar-refractivity contribution is 5.99. The van der Waals surface area contributed by atoms with Crippen molar-refractivity contribution in [3.05, 3.63) is 35.9 Å². The third-order valence-corrected chi connectivity index (χ3v) is 2.53. The van der Waals surface area contributed by atoms with Crippen molar-refractivity contribution in [1.82, 2.24) is 0 Å². The van der Waals surface area contributed by atoms with Gasteiger partial charge in [0.15, 0.2) is 5.78 Å². The van der Waals surface area contributed by atoms with E-state index in [1.807, 2.05) is 18.2 Å². The van der Waals surface area contributed by atoms with Gasteiger partial charge in [0.05, 0.1) is 0 Å². The highest BCUT2D eigenvalue weighted by Crippen LogP contribution is 2.22. The third-order valence-electron chi connectivity index (χ3n) is 2.53. The molecule has 1 unspecified atom stereocenters. The highest BCUT2D eigenvalue weighted by Gasteiger charge is 2.19. The number of benzene rings is 1. The molecule has 0 amide bonds. The van der Waals surface area contributed by atoms with Gasteiger partial charge in [-0.3, -0.25) is 4.79 Å². The minimum atomic E-state index is -0.873. The zero-order valence-corrected chi connectivity index (χ0v) is 10.2. The molecule has 0 heterocycles. The van der Waals surface area contributed by atoms with E-state index in [2.05, 4.69) is 20.8 Å². The van der Waals surface area contributed by atoms with E-state index in [9.17, 15) is 9.90 Å². The van der Waals surface area contributed by atoms with Crippen molar-refractivity contribution < 1.29 is 9.90 Å². The first-order valence-electron chi connectivity index (χ1n) is 5.67. The average Bonchev–Trinajstić information content (AvgIpc) is 2.25. The van der Waals surface area contributed by atoms with Crippen LogP contribution in [-0.4, -0.2) is 17.0 Å². The lowest BCUT2D eigenvalue weighted by molar-refractivity contribution is 0.0705. The number of Topliss-reactive ketones (excluding diaryl/α,β-unsaturated/α-hetero) is 1. The summed E-state index contributed by atoms with van der Waals surface area (Å²) < 4.78 is 0. The standard InChI is InChI=1S/C14H20O2/c1-14(2,3)10-9-12(15)13(16)11-7-5-4-6-8-11/h4-8,12,15H,9-10H2,1-3H3. The number of hydrogen-bond acceptors (Lipinski definition) is 2.